The van der Waals surface area contributed by atoms with E-state index in [9.17, 15) is 24.0 Å². The molecule has 0 bridgehead atoms. The van der Waals surface area contributed by atoms with Crippen molar-refractivity contribution in [3.05, 3.63) is 107 Å². The zero-order valence-corrected chi connectivity index (χ0v) is 31.8. The third-order valence-corrected chi connectivity index (χ3v) is 9.02. The maximum Gasteiger partial charge on any atom is 0.308 e. The van der Waals surface area contributed by atoms with E-state index in [1.54, 1.807) is 43.5 Å². The van der Waals surface area contributed by atoms with Gasteiger partial charge in [-0.3, -0.25) is 24.0 Å². The molecule has 4 aromatic carbocycles. The van der Waals surface area contributed by atoms with Crippen LogP contribution in [0.5, 0.6) is 34.5 Å². The van der Waals surface area contributed by atoms with Crippen LogP contribution >= 0.6 is 0 Å². The summed E-state index contributed by atoms with van der Waals surface area (Å²) in [5, 5.41) is 0. The molecule has 0 saturated carbocycles. The van der Waals surface area contributed by atoms with Crippen LogP contribution in [0.25, 0.3) is 0 Å². The van der Waals surface area contributed by atoms with Crippen LogP contribution in [-0.4, -0.2) is 43.9 Å². The van der Waals surface area contributed by atoms with Crippen molar-refractivity contribution in [3.63, 3.8) is 0 Å². The Kier molecular flexibility index (Phi) is 14.1. The highest BCUT2D eigenvalue weighted by Crippen LogP contribution is 2.50. The van der Waals surface area contributed by atoms with Crippen LogP contribution in [0.2, 0.25) is 0 Å². The first-order chi connectivity index (χ1) is 25.7. The van der Waals surface area contributed by atoms with Gasteiger partial charge in [-0.25, -0.2) is 0 Å². The molecular weight excluding hydrogens is 692 g/mol. The molecular formula is C43H46O11. The third-order valence-electron chi connectivity index (χ3n) is 9.02. The van der Waals surface area contributed by atoms with Gasteiger partial charge in [-0.2, -0.15) is 0 Å². The van der Waals surface area contributed by atoms with Gasteiger partial charge in [-0.1, -0.05) is 50.2 Å². The number of carbonyl (C=O) groups is 5. The molecule has 0 N–H and O–H groups in total. The normalized spacial score (nSPS) is 12.4. The number of benzene rings is 4. The topological polar surface area (TPSA) is 141 Å². The van der Waals surface area contributed by atoms with E-state index >= 15 is 0 Å². The fourth-order valence-corrected chi connectivity index (χ4v) is 6.40. The first-order valence-corrected chi connectivity index (χ1v) is 17.5. The van der Waals surface area contributed by atoms with Gasteiger partial charge >= 0.3 is 23.9 Å². The minimum atomic E-state index is -0.694. The molecule has 0 spiro atoms. The second-order valence-electron chi connectivity index (χ2n) is 13.1. The van der Waals surface area contributed by atoms with E-state index in [2.05, 4.69) is 6.92 Å². The summed E-state index contributed by atoms with van der Waals surface area (Å²) in [6.45, 7) is 9.21. The van der Waals surface area contributed by atoms with Crippen molar-refractivity contribution in [3.8, 4) is 34.5 Å². The Hall–Kier alpha value is -5.97. The summed E-state index contributed by atoms with van der Waals surface area (Å²) in [5.41, 5.74) is 2.91. The molecule has 0 aromatic heterocycles. The minimum absolute atomic E-state index is 0.0366. The van der Waals surface area contributed by atoms with Gasteiger partial charge in [-0.15, -0.1) is 0 Å². The molecule has 3 atom stereocenters. The largest absolute Gasteiger partial charge is 0.497 e. The van der Waals surface area contributed by atoms with Gasteiger partial charge < -0.3 is 28.4 Å². The maximum atomic E-state index is 14.3. The highest BCUT2D eigenvalue weighted by molar-refractivity contribution is 6.03. The molecule has 4 aromatic rings. The number of carbonyl (C=O) groups excluding carboxylic acids is 5. The van der Waals surface area contributed by atoms with Crippen LogP contribution in [0.4, 0.5) is 0 Å². The number of methoxy groups -OCH3 is 2. The lowest BCUT2D eigenvalue weighted by Crippen LogP contribution is -2.24. The lowest BCUT2D eigenvalue weighted by Gasteiger charge is -2.33. The van der Waals surface area contributed by atoms with Gasteiger partial charge in [0.05, 0.1) is 14.2 Å². The van der Waals surface area contributed by atoms with E-state index in [4.69, 9.17) is 28.4 Å². The number of rotatable bonds is 16. The first-order valence-electron chi connectivity index (χ1n) is 17.5. The number of hydrogen-bond donors (Lipinski definition) is 0. The maximum absolute atomic E-state index is 14.3. The van der Waals surface area contributed by atoms with Crippen molar-refractivity contribution in [1.29, 1.82) is 0 Å². The Morgan fingerprint density at radius 1 is 0.574 bits per heavy atom. The van der Waals surface area contributed by atoms with Crippen LogP contribution in [0, 0.1) is 11.8 Å². The lowest BCUT2D eigenvalue weighted by atomic mass is 9.73. The van der Waals surface area contributed by atoms with Crippen molar-refractivity contribution in [2.75, 3.05) is 14.2 Å². The molecule has 0 aliphatic rings. The highest BCUT2D eigenvalue weighted by Gasteiger charge is 2.36. The van der Waals surface area contributed by atoms with Crippen LogP contribution < -0.4 is 28.4 Å². The number of aryl methyl sites for hydroxylation is 1. The van der Waals surface area contributed by atoms with Gasteiger partial charge in [0.2, 0.25) is 0 Å². The monoisotopic (exact) mass is 738 g/mol. The molecule has 0 unspecified atom stereocenters. The van der Waals surface area contributed by atoms with Gasteiger partial charge in [0.1, 0.15) is 34.3 Å². The number of hydrogen-bond acceptors (Lipinski definition) is 11. The number of Topliss-reactive ketones (excluding diaryl/α,β-unsaturated/α-hetero) is 1. The summed E-state index contributed by atoms with van der Waals surface area (Å²) >= 11 is 0. The second-order valence-corrected chi connectivity index (χ2v) is 13.1. The number of ketones is 1. The quantitative estimate of drug-likeness (QED) is 0.0630. The zero-order chi connectivity index (χ0) is 39.5. The molecule has 0 amide bonds. The minimum Gasteiger partial charge on any atom is -0.497 e. The molecule has 0 fully saturated rings. The molecule has 54 heavy (non-hydrogen) atoms. The van der Waals surface area contributed by atoms with Crippen molar-refractivity contribution < 1.29 is 52.4 Å². The van der Waals surface area contributed by atoms with E-state index in [0.29, 0.717) is 41.2 Å². The van der Waals surface area contributed by atoms with E-state index in [1.165, 1.54) is 40.9 Å². The average Bonchev–Trinajstić information content (AvgIpc) is 3.12. The average molecular weight is 739 g/mol. The molecule has 284 valence electrons. The van der Waals surface area contributed by atoms with Crippen molar-refractivity contribution in [2.45, 2.75) is 66.7 Å². The lowest BCUT2D eigenvalue weighted by molar-refractivity contribution is -0.133. The summed E-state index contributed by atoms with van der Waals surface area (Å²) in [7, 11) is 2.96. The smallest absolute Gasteiger partial charge is 0.308 e. The Morgan fingerprint density at radius 2 is 1.07 bits per heavy atom. The zero-order valence-electron chi connectivity index (χ0n) is 31.8. The van der Waals surface area contributed by atoms with Crippen molar-refractivity contribution in [1.82, 2.24) is 0 Å². The van der Waals surface area contributed by atoms with Gasteiger partial charge in [0.15, 0.2) is 11.5 Å². The summed E-state index contributed by atoms with van der Waals surface area (Å²) in [6.07, 6.45) is 0.997. The predicted molar refractivity (Wildman–Crippen MR) is 201 cm³/mol. The molecule has 4 rings (SSSR count). The van der Waals surface area contributed by atoms with Gasteiger partial charge in [-0.05, 0) is 77.8 Å². The number of ether oxygens (including phenoxy) is 6. The Labute approximate surface area is 315 Å². The summed E-state index contributed by atoms with van der Waals surface area (Å²) in [5.74, 6) is -2.08. The second kappa shape index (κ2) is 18.7. The molecule has 0 aliphatic carbocycles. The van der Waals surface area contributed by atoms with Crippen LogP contribution in [0.15, 0.2) is 78.9 Å². The molecule has 0 aliphatic heterocycles. The predicted octanol–water partition coefficient (Wildman–Crippen LogP) is 7.87. The summed E-state index contributed by atoms with van der Waals surface area (Å²) < 4.78 is 33.3. The fourth-order valence-electron chi connectivity index (χ4n) is 6.40. The summed E-state index contributed by atoms with van der Waals surface area (Å²) in [6, 6.07) is 22.9. The van der Waals surface area contributed by atoms with Crippen LogP contribution in [0.1, 0.15) is 86.5 Å². The molecule has 0 radical (unpaired) electrons. The molecule has 0 saturated heterocycles. The molecule has 11 heteroatoms. The van der Waals surface area contributed by atoms with Crippen molar-refractivity contribution >= 4 is 29.7 Å². The third kappa shape index (κ3) is 10.8. The van der Waals surface area contributed by atoms with Gasteiger partial charge in [0.25, 0.3) is 0 Å². The first kappa shape index (κ1) is 40.8. The van der Waals surface area contributed by atoms with E-state index in [1.807, 2.05) is 43.3 Å². The van der Waals surface area contributed by atoms with Gasteiger partial charge in [0, 0.05) is 51.7 Å². The van der Waals surface area contributed by atoms with E-state index < -0.39 is 29.8 Å². The SMILES string of the molecule is COc1ccc(CCC(=O)c2c(OC)cc(OC(C)=O)c([C@@H](c3ccc(OC(C)=O)cc3)[C@@H](C)[C@H](C)Cc3ccc(OC(C)=O)cc3)c2OC(C)=O)cc1. The Balaban J connectivity index is 1.91. The molecule has 0 heterocycles. The van der Waals surface area contributed by atoms with Crippen LogP contribution in [-0.2, 0) is 32.0 Å². The summed E-state index contributed by atoms with van der Waals surface area (Å²) in [4.78, 5) is 63.0. The highest BCUT2D eigenvalue weighted by atomic mass is 16.6. The Bertz CT molecular complexity index is 1960. The van der Waals surface area contributed by atoms with Crippen molar-refractivity contribution in [2.24, 2.45) is 11.8 Å². The van der Waals surface area contributed by atoms with Crippen LogP contribution in [0.3, 0.4) is 0 Å². The van der Waals surface area contributed by atoms with E-state index in [0.717, 1.165) is 11.1 Å². The fraction of sp³-hybridized carbons (Fsp3) is 0.326. The van der Waals surface area contributed by atoms with E-state index in [-0.39, 0.29) is 46.9 Å². The standard InChI is InChI=1S/C43H46O11/c1-25(23-32-11-18-35(19-12-32)51-27(3)44)26(2)40(33-14-20-36(21-15-33)52-28(4)45)42-39(53-29(5)46)24-38(50-8)41(43(42)54-30(6)47)37(48)22-13-31-9-16-34(49-7)17-10-31/h9-12,14-21,24-26,40H,13,22-23H2,1-8H3/t25-,26+,40-/m1/s1. The Morgan fingerprint density at radius 3 is 1.57 bits per heavy atom. The molecule has 11 nitrogen and oxygen atoms in total. The number of esters is 4.